The third-order valence-electron chi connectivity index (χ3n) is 1.80. The molecule has 0 spiro atoms. The molecular weight excluding hydrogens is 255 g/mol. The number of hydrogen-bond acceptors (Lipinski definition) is 6. The number of anilines is 1. The number of hydrogen-bond donors (Lipinski definition) is 1. The number of esters is 1. The van der Waals surface area contributed by atoms with Gasteiger partial charge in [-0.3, -0.25) is 0 Å². The van der Waals surface area contributed by atoms with E-state index in [-0.39, 0.29) is 0 Å². The summed E-state index contributed by atoms with van der Waals surface area (Å²) in [6, 6.07) is 1.40. The third kappa shape index (κ3) is 2.79. The standard InChI is InChI=1S/C9H6F3N3O3/c1-17-8(16)6-4(2-13)5(3-15-7(6)14)18-9(10,11)12/h3H,1H3,(H2,14,15). The summed E-state index contributed by atoms with van der Waals surface area (Å²) in [4.78, 5) is 14.6. The molecule has 1 aromatic heterocycles. The number of aromatic nitrogens is 1. The Bertz CT molecular complexity index is 522. The molecule has 9 heteroatoms. The van der Waals surface area contributed by atoms with Gasteiger partial charge in [-0.1, -0.05) is 0 Å². The molecule has 0 fully saturated rings. The van der Waals surface area contributed by atoms with E-state index < -0.39 is 35.0 Å². The number of alkyl halides is 3. The lowest BCUT2D eigenvalue weighted by molar-refractivity contribution is -0.274. The van der Waals surface area contributed by atoms with Gasteiger partial charge in [-0.15, -0.1) is 13.2 Å². The van der Waals surface area contributed by atoms with Crippen LogP contribution in [0.15, 0.2) is 6.20 Å². The van der Waals surface area contributed by atoms with Gasteiger partial charge in [-0.05, 0) is 0 Å². The molecule has 6 nitrogen and oxygen atoms in total. The van der Waals surface area contributed by atoms with Crippen molar-refractivity contribution in [2.45, 2.75) is 6.36 Å². The zero-order chi connectivity index (χ0) is 13.9. The molecule has 0 bridgehead atoms. The van der Waals surface area contributed by atoms with Crippen LogP contribution in [0.25, 0.3) is 0 Å². The van der Waals surface area contributed by atoms with Gasteiger partial charge in [-0.25, -0.2) is 9.78 Å². The Morgan fingerprint density at radius 1 is 1.56 bits per heavy atom. The fraction of sp³-hybridized carbons (Fsp3) is 0.222. The van der Waals surface area contributed by atoms with Gasteiger partial charge in [0.2, 0.25) is 0 Å². The van der Waals surface area contributed by atoms with Gasteiger partial charge < -0.3 is 15.2 Å². The maximum atomic E-state index is 12.1. The molecule has 0 saturated carbocycles. The number of pyridine rings is 1. The number of nitrogens with two attached hydrogens (primary N) is 1. The quantitative estimate of drug-likeness (QED) is 0.803. The van der Waals surface area contributed by atoms with Crippen LogP contribution in [-0.2, 0) is 4.74 Å². The van der Waals surface area contributed by atoms with Crippen LogP contribution in [0, 0.1) is 11.3 Å². The van der Waals surface area contributed by atoms with Gasteiger partial charge in [0.15, 0.2) is 5.75 Å². The Morgan fingerprint density at radius 2 is 2.17 bits per heavy atom. The second-order valence-electron chi connectivity index (χ2n) is 2.91. The van der Waals surface area contributed by atoms with Gasteiger partial charge in [0.25, 0.3) is 0 Å². The van der Waals surface area contributed by atoms with Gasteiger partial charge in [0, 0.05) is 0 Å². The number of nitriles is 1. The van der Waals surface area contributed by atoms with Crippen molar-refractivity contribution in [2.24, 2.45) is 0 Å². The number of carbonyl (C=O) groups is 1. The van der Waals surface area contributed by atoms with E-state index in [0.717, 1.165) is 7.11 Å². The molecule has 0 aliphatic rings. The Hall–Kier alpha value is -2.50. The van der Waals surface area contributed by atoms with Crippen LogP contribution in [0.3, 0.4) is 0 Å². The molecule has 96 valence electrons. The molecule has 0 aromatic carbocycles. The van der Waals surface area contributed by atoms with Crippen LogP contribution in [0.1, 0.15) is 15.9 Å². The molecule has 0 aliphatic carbocycles. The molecular formula is C9H6F3N3O3. The van der Waals surface area contributed by atoms with Crippen LogP contribution >= 0.6 is 0 Å². The highest BCUT2D eigenvalue weighted by atomic mass is 19.4. The number of ether oxygens (including phenoxy) is 2. The Morgan fingerprint density at radius 3 is 2.61 bits per heavy atom. The molecule has 1 aromatic rings. The Labute approximate surface area is 98.7 Å². The van der Waals surface area contributed by atoms with Crippen molar-refractivity contribution in [2.75, 3.05) is 12.8 Å². The highest BCUT2D eigenvalue weighted by Crippen LogP contribution is 2.29. The fourth-order valence-electron chi connectivity index (χ4n) is 1.13. The zero-order valence-electron chi connectivity index (χ0n) is 8.91. The highest BCUT2D eigenvalue weighted by molar-refractivity contribution is 5.97. The number of nitrogen functional groups attached to an aromatic ring is 1. The van der Waals surface area contributed by atoms with Crippen LogP contribution in [0.5, 0.6) is 5.75 Å². The van der Waals surface area contributed by atoms with Gasteiger partial charge >= 0.3 is 12.3 Å². The molecule has 0 unspecified atom stereocenters. The van der Waals surface area contributed by atoms with Gasteiger partial charge in [-0.2, -0.15) is 5.26 Å². The lowest BCUT2D eigenvalue weighted by Gasteiger charge is -2.12. The first kappa shape index (κ1) is 13.6. The monoisotopic (exact) mass is 261 g/mol. The van der Waals surface area contributed by atoms with Crippen molar-refractivity contribution in [3.05, 3.63) is 17.3 Å². The SMILES string of the molecule is COC(=O)c1c(N)ncc(OC(F)(F)F)c1C#N. The fourth-order valence-corrected chi connectivity index (χ4v) is 1.13. The minimum atomic E-state index is -5.02. The summed E-state index contributed by atoms with van der Waals surface area (Å²) in [7, 11) is 0.986. The highest BCUT2D eigenvalue weighted by Gasteiger charge is 2.34. The lowest BCUT2D eigenvalue weighted by Crippen LogP contribution is -2.20. The number of rotatable bonds is 2. The van der Waals surface area contributed by atoms with E-state index in [4.69, 9.17) is 11.0 Å². The maximum Gasteiger partial charge on any atom is 0.573 e. The van der Waals surface area contributed by atoms with E-state index in [2.05, 4.69) is 14.5 Å². The molecule has 0 saturated heterocycles. The van der Waals surface area contributed by atoms with E-state index in [1.807, 2.05) is 0 Å². The van der Waals surface area contributed by atoms with Crippen molar-refractivity contribution >= 4 is 11.8 Å². The van der Waals surface area contributed by atoms with Crippen molar-refractivity contribution < 1.29 is 27.4 Å². The molecule has 0 radical (unpaired) electrons. The van der Waals surface area contributed by atoms with Crippen LogP contribution in [0.4, 0.5) is 19.0 Å². The lowest BCUT2D eigenvalue weighted by atomic mass is 10.1. The number of methoxy groups -OCH3 is 1. The van der Waals surface area contributed by atoms with Crippen molar-refractivity contribution in [3.8, 4) is 11.8 Å². The van der Waals surface area contributed by atoms with E-state index in [9.17, 15) is 18.0 Å². The summed E-state index contributed by atoms with van der Waals surface area (Å²) in [6.45, 7) is 0. The third-order valence-corrected chi connectivity index (χ3v) is 1.80. The smallest absolute Gasteiger partial charge is 0.465 e. The number of halogens is 3. The first-order chi connectivity index (χ1) is 8.30. The predicted molar refractivity (Wildman–Crippen MR) is 51.4 cm³/mol. The second-order valence-corrected chi connectivity index (χ2v) is 2.91. The Kier molecular flexibility index (Phi) is 3.61. The average Bonchev–Trinajstić information content (AvgIpc) is 2.28. The van der Waals surface area contributed by atoms with Crippen LogP contribution < -0.4 is 10.5 Å². The zero-order valence-corrected chi connectivity index (χ0v) is 8.91. The minimum absolute atomic E-state index is 0.423. The summed E-state index contributed by atoms with van der Waals surface area (Å²) in [5, 5.41) is 8.78. The summed E-state index contributed by atoms with van der Waals surface area (Å²) in [5.74, 6) is -2.42. The maximum absolute atomic E-state index is 12.1. The van der Waals surface area contributed by atoms with E-state index in [1.165, 1.54) is 6.07 Å². The largest absolute Gasteiger partial charge is 0.573 e. The number of nitrogens with zero attached hydrogens (tertiary/aromatic N) is 2. The molecule has 1 heterocycles. The predicted octanol–water partition coefficient (Wildman–Crippen LogP) is 1.22. The van der Waals surface area contributed by atoms with E-state index in [1.54, 1.807) is 0 Å². The van der Waals surface area contributed by atoms with E-state index >= 15 is 0 Å². The first-order valence-electron chi connectivity index (χ1n) is 4.32. The van der Waals surface area contributed by atoms with Gasteiger partial charge in [0.1, 0.15) is 23.0 Å². The second kappa shape index (κ2) is 4.79. The van der Waals surface area contributed by atoms with Crippen molar-refractivity contribution in [1.82, 2.24) is 4.98 Å². The van der Waals surface area contributed by atoms with Crippen LogP contribution in [-0.4, -0.2) is 24.4 Å². The Balaban J connectivity index is 3.40. The first-order valence-corrected chi connectivity index (χ1v) is 4.32. The molecule has 1 rings (SSSR count). The van der Waals surface area contributed by atoms with Crippen LogP contribution in [0.2, 0.25) is 0 Å². The summed E-state index contributed by atoms with van der Waals surface area (Å²) < 4.78 is 44.1. The summed E-state index contributed by atoms with van der Waals surface area (Å²) >= 11 is 0. The minimum Gasteiger partial charge on any atom is -0.465 e. The molecule has 0 amide bonds. The molecule has 0 atom stereocenters. The molecule has 2 N–H and O–H groups in total. The van der Waals surface area contributed by atoms with Crippen molar-refractivity contribution in [1.29, 1.82) is 5.26 Å². The normalized spacial score (nSPS) is 10.6. The van der Waals surface area contributed by atoms with Crippen molar-refractivity contribution in [3.63, 3.8) is 0 Å². The summed E-state index contributed by atoms with van der Waals surface area (Å²) in [5.41, 5.74) is 4.05. The molecule has 0 aliphatic heterocycles. The molecule has 18 heavy (non-hydrogen) atoms. The average molecular weight is 261 g/mol. The number of carbonyl (C=O) groups excluding carboxylic acids is 1. The summed E-state index contributed by atoms with van der Waals surface area (Å²) in [6.07, 6.45) is -4.41. The van der Waals surface area contributed by atoms with Gasteiger partial charge in [0.05, 0.1) is 13.3 Å². The van der Waals surface area contributed by atoms with E-state index in [0.29, 0.717) is 6.20 Å². The topological polar surface area (TPSA) is 98.2 Å².